The van der Waals surface area contributed by atoms with E-state index in [4.69, 9.17) is 4.74 Å². The van der Waals surface area contributed by atoms with Gasteiger partial charge in [-0.1, -0.05) is 6.08 Å². The Labute approximate surface area is 172 Å². The van der Waals surface area contributed by atoms with Gasteiger partial charge in [-0.3, -0.25) is 14.4 Å². The Balaban J connectivity index is 2.74. The number of alkyl carbamates (subject to hydrolysis) is 1. The Bertz CT molecular complexity index is 668. The zero-order chi connectivity index (χ0) is 22.4. The largest absolute Gasteiger partial charge is 0.444 e. The minimum absolute atomic E-state index is 0.235. The zero-order valence-electron chi connectivity index (χ0n) is 18.4. The highest BCUT2D eigenvalue weighted by Gasteiger charge is 2.32. The van der Waals surface area contributed by atoms with Gasteiger partial charge in [0, 0.05) is 19.2 Å². The fraction of sp³-hybridized carbons (Fsp3) is 0.700. The average Bonchev–Trinajstić information content (AvgIpc) is 3.06. The average molecular weight is 411 g/mol. The highest BCUT2D eigenvalue weighted by Crippen LogP contribution is 2.21. The molecule has 0 radical (unpaired) electrons. The zero-order valence-corrected chi connectivity index (χ0v) is 18.4. The van der Waals surface area contributed by atoms with E-state index in [-0.39, 0.29) is 23.8 Å². The standard InChI is InChI=1S/C20H34N4O5/c1-12(16(25)22-13(2)17(26)21-7)11-15-9-8-10-24(15)18(27)14(3)23-19(28)29-20(4,5)6/h11,13-15H,8-10H2,1-7H3,(H,21,26)(H,22,25)(H,23,28)/b12-11-/t13-,14-,15-/m0/s1. The first-order valence-electron chi connectivity index (χ1n) is 9.86. The van der Waals surface area contributed by atoms with Crippen molar-refractivity contribution in [2.45, 2.75) is 78.1 Å². The van der Waals surface area contributed by atoms with Crippen molar-refractivity contribution in [3.8, 4) is 0 Å². The van der Waals surface area contributed by atoms with Crippen LogP contribution in [-0.4, -0.2) is 66.0 Å². The molecular weight excluding hydrogens is 376 g/mol. The lowest BCUT2D eigenvalue weighted by Gasteiger charge is -2.27. The SMILES string of the molecule is CNC(=O)[C@H](C)NC(=O)/C(C)=C\[C@@H]1CCCN1C(=O)[C@H](C)NC(=O)OC(C)(C)C. The Morgan fingerprint density at radius 1 is 1.10 bits per heavy atom. The van der Waals surface area contributed by atoms with E-state index in [1.54, 1.807) is 52.5 Å². The number of hydrogen-bond donors (Lipinski definition) is 3. The molecule has 1 aliphatic rings. The van der Waals surface area contributed by atoms with Gasteiger partial charge in [0.15, 0.2) is 0 Å². The van der Waals surface area contributed by atoms with E-state index in [1.165, 1.54) is 7.05 Å². The molecule has 29 heavy (non-hydrogen) atoms. The van der Waals surface area contributed by atoms with Crippen molar-refractivity contribution in [1.82, 2.24) is 20.9 Å². The highest BCUT2D eigenvalue weighted by molar-refractivity contribution is 5.96. The fourth-order valence-corrected chi connectivity index (χ4v) is 2.99. The molecule has 0 aromatic carbocycles. The van der Waals surface area contributed by atoms with Gasteiger partial charge in [0.05, 0.1) is 6.04 Å². The lowest BCUT2D eigenvalue weighted by Crippen LogP contribution is -2.49. The van der Waals surface area contributed by atoms with E-state index < -0.39 is 23.8 Å². The number of likely N-dealkylation sites (N-methyl/N-ethyl adjacent to an activating group) is 1. The first-order valence-corrected chi connectivity index (χ1v) is 9.86. The van der Waals surface area contributed by atoms with Gasteiger partial charge in [0.25, 0.3) is 0 Å². The maximum Gasteiger partial charge on any atom is 0.408 e. The summed E-state index contributed by atoms with van der Waals surface area (Å²) in [6.45, 7) is 10.6. The molecule has 0 aliphatic carbocycles. The predicted octanol–water partition coefficient (Wildman–Crippen LogP) is 1.09. The molecule has 1 aliphatic heterocycles. The lowest BCUT2D eigenvalue weighted by atomic mass is 10.1. The summed E-state index contributed by atoms with van der Waals surface area (Å²) in [5, 5.41) is 7.66. The molecule has 1 fully saturated rings. The molecular formula is C20H34N4O5. The van der Waals surface area contributed by atoms with Gasteiger partial charge in [-0.05, 0) is 54.4 Å². The topological polar surface area (TPSA) is 117 Å². The number of ether oxygens (including phenoxy) is 1. The normalized spacial score (nSPS) is 19.2. The lowest BCUT2D eigenvalue weighted by molar-refractivity contribution is -0.133. The van der Waals surface area contributed by atoms with E-state index in [2.05, 4.69) is 16.0 Å². The van der Waals surface area contributed by atoms with Gasteiger partial charge < -0.3 is 25.6 Å². The molecule has 9 nitrogen and oxygen atoms in total. The third-order valence-corrected chi connectivity index (χ3v) is 4.47. The number of nitrogens with zero attached hydrogens (tertiary/aromatic N) is 1. The van der Waals surface area contributed by atoms with Crippen molar-refractivity contribution in [2.24, 2.45) is 0 Å². The van der Waals surface area contributed by atoms with Crippen LogP contribution in [0.4, 0.5) is 4.79 Å². The number of hydrogen-bond acceptors (Lipinski definition) is 5. The second-order valence-electron chi connectivity index (χ2n) is 8.27. The summed E-state index contributed by atoms with van der Waals surface area (Å²) in [4.78, 5) is 50.2. The van der Waals surface area contributed by atoms with Gasteiger partial charge in [0.1, 0.15) is 17.7 Å². The number of carbonyl (C=O) groups is 4. The third-order valence-electron chi connectivity index (χ3n) is 4.47. The summed E-state index contributed by atoms with van der Waals surface area (Å²) in [5.74, 6) is -0.882. The summed E-state index contributed by atoms with van der Waals surface area (Å²) in [7, 11) is 1.50. The fourth-order valence-electron chi connectivity index (χ4n) is 2.99. The summed E-state index contributed by atoms with van der Waals surface area (Å²) in [6, 6.07) is -1.65. The van der Waals surface area contributed by atoms with Crippen LogP contribution in [-0.2, 0) is 19.1 Å². The molecule has 9 heteroatoms. The number of nitrogens with one attached hydrogen (secondary N) is 3. The van der Waals surface area contributed by atoms with Gasteiger partial charge >= 0.3 is 6.09 Å². The Kier molecular flexibility index (Phi) is 8.66. The van der Waals surface area contributed by atoms with Gasteiger partial charge in [0.2, 0.25) is 17.7 Å². The van der Waals surface area contributed by atoms with Crippen LogP contribution in [0.3, 0.4) is 0 Å². The Morgan fingerprint density at radius 2 is 1.72 bits per heavy atom. The Hall–Kier alpha value is -2.58. The number of carbonyl (C=O) groups excluding carboxylic acids is 4. The van der Waals surface area contributed by atoms with E-state index in [9.17, 15) is 19.2 Å². The molecule has 164 valence electrons. The maximum atomic E-state index is 12.8. The summed E-state index contributed by atoms with van der Waals surface area (Å²) in [6.07, 6.45) is 2.61. The quantitative estimate of drug-likeness (QED) is 0.567. The minimum Gasteiger partial charge on any atom is -0.444 e. The molecule has 0 aromatic heterocycles. The van der Waals surface area contributed by atoms with Gasteiger partial charge in [-0.25, -0.2) is 4.79 Å². The van der Waals surface area contributed by atoms with E-state index in [0.29, 0.717) is 12.1 Å². The van der Waals surface area contributed by atoms with Crippen molar-refractivity contribution in [3.63, 3.8) is 0 Å². The van der Waals surface area contributed by atoms with Gasteiger partial charge in [-0.2, -0.15) is 0 Å². The van der Waals surface area contributed by atoms with Crippen LogP contribution in [0.2, 0.25) is 0 Å². The van der Waals surface area contributed by atoms with Crippen LogP contribution in [0.1, 0.15) is 54.4 Å². The van der Waals surface area contributed by atoms with Crippen LogP contribution < -0.4 is 16.0 Å². The first-order chi connectivity index (χ1) is 13.4. The summed E-state index contributed by atoms with van der Waals surface area (Å²) in [5.41, 5.74) is -0.222. The van der Waals surface area contributed by atoms with Crippen LogP contribution in [0, 0.1) is 0 Å². The first kappa shape index (κ1) is 24.5. The summed E-state index contributed by atoms with van der Waals surface area (Å²) >= 11 is 0. The minimum atomic E-state index is -0.749. The monoisotopic (exact) mass is 410 g/mol. The molecule has 1 heterocycles. The second kappa shape index (κ2) is 10.3. The molecule has 4 amide bonds. The molecule has 0 aromatic rings. The maximum absolute atomic E-state index is 12.8. The predicted molar refractivity (Wildman–Crippen MR) is 109 cm³/mol. The number of rotatable bonds is 6. The Morgan fingerprint density at radius 3 is 2.28 bits per heavy atom. The van der Waals surface area contributed by atoms with Crippen molar-refractivity contribution in [1.29, 1.82) is 0 Å². The van der Waals surface area contributed by atoms with Crippen molar-refractivity contribution >= 4 is 23.8 Å². The molecule has 1 saturated heterocycles. The van der Waals surface area contributed by atoms with Crippen molar-refractivity contribution in [3.05, 3.63) is 11.6 Å². The highest BCUT2D eigenvalue weighted by atomic mass is 16.6. The molecule has 0 bridgehead atoms. The van der Waals surface area contributed by atoms with E-state index in [0.717, 1.165) is 12.8 Å². The number of likely N-dealkylation sites (tertiary alicyclic amines) is 1. The van der Waals surface area contributed by atoms with Crippen LogP contribution in [0.15, 0.2) is 11.6 Å². The van der Waals surface area contributed by atoms with E-state index >= 15 is 0 Å². The second-order valence-corrected chi connectivity index (χ2v) is 8.27. The van der Waals surface area contributed by atoms with Crippen LogP contribution >= 0.6 is 0 Å². The smallest absolute Gasteiger partial charge is 0.408 e. The summed E-state index contributed by atoms with van der Waals surface area (Å²) < 4.78 is 5.19. The van der Waals surface area contributed by atoms with E-state index in [1.807, 2.05) is 0 Å². The third kappa shape index (κ3) is 7.75. The molecule has 3 N–H and O–H groups in total. The van der Waals surface area contributed by atoms with Crippen LogP contribution in [0.25, 0.3) is 0 Å². The molecule has 0 spiro atoms. The molecule has 1 rings (SSSR count). The van der Waals surface area contributed by atoms with Crippen molar-refractivity contribution in [2.75, 3.05) is 13.6 Å². The molecule has 3 atom stereocenters. The molecule has 0 unspecified atom stereocenters. The van der Waals surface area contributed by atoms with Crippen molar-refractivity contribution < 1.29 is 23.9 Å². The molecule has 0 saturated carbocycles. The van der Waals surface area contributed by atoms with Gasteiger partial charge in [-0.15, -0.1) is 0 Å². The van der Waals surface area contributed by atoms with Crippen LogP contribution in [0.5, 0.6) is 0 Å². The number of amides is 4.